The van der Waals surface area contributed by atoms with Crippen molar-refractivity contribution in [3.63, 3.8) is 0 Å². The fourth-order valence-corrected chi connectivity index (χ4v) is 1.49. The molecule has 90 valence electrons. The van der Waals surface area contributed by atoms with Gasteiger partial charge in [0.2, 0.25) is 5.91 Å². The van der Waals surface area contributed by atoms with E-state index in [9.17, 15) is 9.90 Å². The number of rotatable bonds is 2. The molecule has 2 N–H and O–H groups in total. The van der Waals surface area contributed by atoms with Gasteiger partial charge in [-0.05, 0) is 37.1 Å². The smallest absolute Gasteiger partial charge is 0.216 e. The molecular weight excluding hydrogens is 214 g/mol. The number of amides is 1. The van der Waals surface area contributed by atoms with E-state index < -0.39 is 0 Å². The Morgan fingerprint density at radius 1 is 1.35 bits per heavy atom. The predicted molar refractivity (Wildman–Crippen MR) is 67.8 cm³/mol. The second kappa shape index (κ2) is 5.95. The van der Waals surface area contributed by atoms with Crippen molar-refractivity contribution in [2.24, 2.45) is 0 Å². The Hall–Kier alpha value is -1.95. The SMILES string of the molecule is CC(=O)NCCC#Cc1cc(C)c(O)c(C)c1. The van der Waals surface area contributed by atoms with Crippen LogP contribution in [0.25, 0.3) is 0 Å². The van der Waals surface area contributed by atoms with Crippen LogP contribution in [0, 0.1) is 25.7 Å². The molecule has 0 aliphatic carbocycles. The number of benzene rings is 1. The summed E-state index contributed by atoms with van der Waals surface area (Å²) in [5, 5.41) is 12.3. The average molecular weight is 231 g/mol. The number of hydrogen-bond acceptors (Lipinski definition) is 2. The second-order valence-electron chi connectivity index (χ2n) is 3.99. The molecule has 0 unspecified atom stereocenters. The van der Waals surface area contributed by atoms with Gasteiger partial charge in [-0.1, -0.05) is 11.8 Å². The van der Waals surface area contributed by atoms with Crippen molar-refractivity contribution in [3.8, 4) is 17.6 Å². The van der Waals surface area contributed by atoms with E-state index in [4.69, 9.17) is 0 Å². The van der Waals surface area contributed by atoms with E-state index in [2.05, 4.69) is 17.2 Å². The molecule has 0 radical (unpaired) electrons. The van der Waals surface area contributed by atoms with Crippen LogP contribution in [0.15, 0.2) is 12.1 Å². The molecule has 1 rings (SSSR count). The van der Waals surface area contributed by atoms with E-state index in [1.165, 1.54) is 6.92 Å². The molecule has 3 heteroatoms. The number of carbonyl (C=O) groups is 1. The second-order valence-corrected chi connectivity index (χ2v) is 3.99. The Bertz CT molecular complexity index is 458. The monoisotopic (exact) mass is 231 g/mol. The molecule has 0 heterocycles. The molecule has 0 saturated carbocycles. The molecule has 0 fully saturated rings. The van der Waals surface area contributed by atoms with Crippen molar-refractivity contribution in [1.82, 2.24) is 5.32 Å². The van der Waals surface area contributed by atoms with Gasteiger partial charge in [0.1, 0.15) is 5.75 Å². The quantitative estimate of drug-likeness (QED) is 0.603. The van der Waals surface area contributed by atoms with Crippen LogP contribution in [0.3, 0.4) is 0 Å². The Labute approximate surface area is 102 Å². The van der Waals surface area contributed by atoms with Crippen LogP contribution >= 0.6 is 0 Å². The number of aromatic hydroxyl groups is 1. The summed E-state index contributed by atoms with van der Waals surface area (Å²) in [6.45, 7) is 5.76. The van der Waals surface area contributed by atoms with E-state index >= 15 is 0 Å². The number of phenolic OH excluding ortho intramolecular Hbond substituents is 1. The van der Waals surface area contributed by atoms with Gasteiger partial charge in [-0.15, -0.1) is 0 Å². The van der Waals surface area contributed by atoms with Crippen molar-refractivity contribution in [3.05, 3.63) is 28.8 Å². The molecule has 0 bridgehead atoms. The zero-order valence-corrected chi connectivity index (χ0v) is 10.4. The standard InChI is InChI=1S/C14H17NO2/c1-10-8-13(9-11(2)14(10)17)6-4-5-7-15-12(3)16/h8-9,17H,5,7H2,1-3H3,(H,15,16). The molecule has 1 amide bonds. The summed E-state index contributed by atoms with van der Waals surface area (Å²) < 4.78 is 0. The van der Waals surface area contributed by atoms with E-state index in [1.54, 1.807) is 0 Å². The number of hydrogen-bond donors (Lipinski definition) is 2. The summed E-state index contributed by atoms with van der Waals surface area (Å²) in [5.41, 5.74) is 2.55. The normalized spacial score (nSPS) is 9.35. The van der Waals surface area contributed by atoms with Crippen molar-refractivity contribution < 1.29 is 9.90 Å². The molecule has 0 aliphatic heterocycles. The lowest BCUT2D eigenvalue weighted by atomic mass is 10.1. The van der Waals surface area contributed by atoms with Gasteiger partial charge in [-0.25, -0.2) is 0 Å². The molecule has 0 aromatic heterocycles. The molecular formula is C14H17NO2. The highest BCUT2D eigenvalue weighted by Crippen LogP contribution is 2.22. The zero-order valence-electron chi connectivity index (χ0n) is 10.4. The first kappa shape index (κ1) is 13.1. The van der Waals surface area contributed by atoms with E-state index in [1.807, 2.05) is 26.0 Å². The van der Waals surface area contributed by atoms with Crippen molar-refractivity contribution in [2.45, 2.75) is 27.2 Å². The highest BCUT2D eigenvalue weighted by molar-refractivity contribution is 5.72. The summed E-state index contributed by atoms with van der Waals surface area (Å²) >= 11 is 0. The number of nitrogens with one attached hydrogen (secondary N) is 1. The van der Waals surface area contributed by atoms with Crippen LogP contribution in [-0.4, -0.2) is 17.6 Å². The Kier molecular flexibility index (Phi) is 4.59. The highest BCUT2D eigenvalue weighted by Gasteiger charge is 2.00. The zero-order chi connectivity index (χ0) is 12.8. The number of phenols is 1. The molecule has 1 aromatic carbocycles. The lowest BCUT2D eigenvalue weighted by molar-refractivity contribution is -0.118. The van der Waals surface area contributed by atoms with E-state index in [-0.39, 0.29) is 5.91 Å². The van der Waals surface area contributed by atoms with Crippen LogP contribution in [0.5, 0.6) is 5.75 Å². The maximum absolute atomic E-state index is 10.6. The van der Waals surface area contributed by atoms with Gasteiger partial charge in [0, 0.05) is 25.5 Å². The minimum absolute atomic E-state index is 0.0388. The summed E-state index contributed by atoms with van der Waals surface area (Å²) in [6.07, 6.45) is 0.624. The van der Waals surface area contributed by atoms with Gasteiger partial charge in [0.25, 0.3) is 0 Å². The van der Waals surface area contributed by atoms with Gasteiger partial charge in [0.15, 0.2) is 0 Å². The largest absolute Gasteiger partial charge is 0.507 e. The van der Waals surface area contributed by atoms with E-state index in [0.717, 1.165) is 16.7 Å². The molecule has 0 atom stereocenters. The molecule has 17 heavy (non-hydrogen) atoms. The van der Waals surface area contributed by atoms with E-state index in [0.29, 0.717) is 18.7 Å². The van der Waals surface area contributed by atoms with Gasteiger partial charge in [-0.2, -0.15) is 0 Å². The Balaban J connectivity index is 2.63. The molecule has 1 aromatic rings. The third-order valence-corrected chi connectivity index (χ3v) is 2.35. The first-order valence-corrected chi connectivity index (χ1v) is 5.54. The summed E-state index contributed by atoms with van der Waals surface area (Å²) in [7, 11) is 0. The Morgan fingerprint density at radius 2 is 1.94 bits per heavy atom. The van der Waals surface area contributed by atoms with Crippen LogP contribution in [0.1, 0.15) is 30.0 Å². The van der Waals surface area contributed by atoms with Gasteiger partial charge in [0.05, 0.1) is 0 Å². The van der Waals surface area contributed by atoms with Crippen LogP contribution in [0.4, 0.5) is 0 Å². The predicted octanol–water partition coefficient (Wildman–Crippen LogP) is 1.89. The first-order chi connectivity index (χ1) is 8.00. The minimum atomic E-state index is -0.0388. The third kappa shape index (κ3) is 4.20. The minimum Gasteiger partial charge on any atom is -0.507 e. The highest BCUT2D eigenvalue weighted by atomic mass is 16.3. The maximum atomic E-state index is 10.6. The molecule has 0 saturated heterocycles. The average Bonchev–Trinajstić information content (AvgIpc) is 2.25. The Morgan fingerprint density at radius 3 is 2.47 bits per heavy atom. The molecule has 0 aliphatic rings. The fourth-order valence-electron chi connectivity index (χ4n) is 1.49. The van der Waals surface area contributed by atoms with Crippen molar-refractivity contribution >= 4 is 5.91 Å². The van der Waals surface area contributed by atoms with Gasteiger partial charge in [-0.3, -0.25) is 4.79 Å². The lowest BCUT2D eigenvalue weighted by Gasteiger charge is -2.03. The fraction of sp³-hybridized carbons (Fsp3) is 0.357. The lowest BCUT2D eigenvalue weighted by Crippen LogP contribution is -2.20. The van der Waals surface area contributed by atoms with Crippen molar-refractivity contribution in [1.29, 1.82) is 0 Å². The molecule has 0 spiro atoms. The topological polar surface area (TPSA) is 49.3 Å². The summed E-state index contributed by atoms with van der Waals surface area (Å²) in [4.78, 5) is 10.6. The van der Waals surface area contributed by atoms with Crippen LogP contribution in [-0.2, 0) is 4.79 Å². The van der Waals surface area contributed by atoms with Gasteiger partial charge >= 0.3 is 0 Å². The van der Waals surface area contributed by atoms with Crippen LogP contribution in [0.2, 0.25) is 0 Å². The van der Waals surface area contributed by atoms with Gasteiger partial charge < -0.3 is 10.4 Å². The van der Waals surface area contributed by atoms with Crippen LogP contribution < -0.4 is 5.32 Å². The summed E-state index contributed by atoms with van der Waals surface area (Å²) in [5.74, 6) is 6.29. The van der Waals surface area contributed by atoms with Crippen molar-refractivity contribution in [2.75, 3.05) is 6.54 Å². The first-order valence-electron chi connectivity index (χ1n) is 5.54. The number of aryl methyl sites for hydroxylation is 2. The number of carbonyl (C=O) groups excluding carboxylic acids is 1. The molecule has 3 nitrogen and oxygen atoms in total. The summed E-state index contributed by atoms with van der Waals surface area (Å²) in [6, 6.07) is 3.71. The third-order valence-electron chi connectivity index (χ3n) is 2.35. The maximum Gasteiger partial charge on any atom is 0.216 e.